The Morgan fingerprint density at radius 2 is 1.88 bits per heavy atom. The Morgan fingerprint density at radius 1 is 1.20 bits per heavy atom. The Morgan fingerprint density at radius 3 is 2.56 bits per heavy atom. The lowest BCUT2D eigenvalue weighted by Crippen LogP contribution is -2.33. The molecule has 3 rings (SSSR count). The number of halogens is 1. The fraction of sp³-hybridized carbons (Fsp3) is 0.235. The van der Waals surface area contributed by atoms with E-state index >= 15 is 0 Å². The van der Waals surface area contributed by atoms with E-state index < -0.39 is 0 Å². The number of carbonyl (C=O) groups is 2. The number of carbonyl (C=O) groups excluding carboxylic acids is 2. The lowest BCUT2D eigenvalue weighted by molar-refractivity contribution is -0.118. The van der Waals surface area contributed by atoms with Crippen molar-refractivity contribution in [2.45, 2.75) is 6.92 Å². The molecule has 0 aliphatic rings. The summed E-state index contributed by atoms with van der Waals surface area (Å²) in [6.07, 6.45) is 0. The summed E-state index contributed by atoms with van der Waals surface area (Å²) in [5.74, 6) is -0.636. The second kappa shape index (κ2) is 7.02. The van der Waals surface area contributed by atoms with E-state index in [0.717, 1.165) is 15.8 Å². The van der Waals surface area contributed by atoms with E-state index in [2.05, 4.69) is 15.7 Å². The number of nitrogens with one attached hydrogen (secondary N) is 2. The SMILES string of the molecule is CC(=O)NCCNC(=O)c1cc2c(-c3ccc(F)cc3)nn(C)c2s1. The summed E-state index contributed by atoms with van der Waals surface area (Å²) < 4.78 is 14.8. The highest BCUT2D eigenvalue weighted by Gasteiger charge is 2.17. The van der Waals surface area contributed by atoms with Gasteiger partial charge in [0.1, 0.15) is 16.3 Å². The fourth-order valence-corrected chi connectivity index (χ4v) is 3.46. The van der Waals surface area contributed by atoms with Crippen molar-refractivity contribution in [2.75, 3.05) is 13.1 Å². The molecule has 3 aromatic rings. The summed E-state index contributed by atoms with van der Waals surface area (Å²) in [5, 5.41) is 10.7. The number of benzene rings is 1. The zero-order valence-electron chi connectivity index (χ0n) is 13.8. The van der Waals surface area contributed by atoms with Gasteiger partial charge < -0.3 is 10.6 Å². The molecule has 0 aliphatic heterocycles. The number of thiophene rings is 1. The normalized spacial score (nSPS) is 10.8. The van der Waals surface area contributed by atoms with Crippen LogP contribution in [0.2, 0.25) is 0 Å². The maximum Gasteiger partial charge on any atom is 0.261 e. The molecule has 8 heteroatoms. The van der Waals surface area contributed by atoms with Crippen LogP contribution in [-0.2, 0) is 11.8 Å². The summed E-state index contributed by atoms with van der Waals surface area (Å²) >= 11 is 1.34. The molecule has 0 fully saturated rings. The molecular formula is C17H17FN4O2S. The molecule has 0 saturated carbocycles. The summed E-state index contributed by atoms with van der Waals surface area (Å²) in [5.41, 5.74) is 1.51. The molecule has 2 aromatic heterocycles. The minimum atomic E-state index is -0.305. The van der Waals surface area contributed by atoms with Crippen LogP contribution in [0.3, 0.4) is 0 Å². The van der Waals surface area contributed by atoms with Gasteiger partial charge in [0.15, 0.2) is 0 Å². The molecule has 25 heavy (non-hydrogen) atoms. The van der Waals surface area contributed by atoms with Crippen LogP contribution in [0.4, 0.5) is 4.39 Å². The molecule has 0 bridgehead atoms. The van der Waals surface area contributed by atoms with Crippen molar-refractivity contribution >= 4 is 33.4 Å². The third kappa shape index (κ3) is 3.69. The molecule has 130 valence electrons. The maximum atomic E-state index is 13.1. The number of hydrogen-bond donors (Lipinski definition) is 2. The number of fused-ring (bicyclic) bond motifs is 1. The monoisotopic (exact) mass is 360 g/mol. The molecule has 0 radical (unpaired) electrons. The number of hydrogen-bond acceptors (Lipinski definition) is 4. The second-order valence-electron chi connectivity index (χ2n) is 5.55. The van der Waals surface area contributed by atoms with Crippen LogP contribution >= 0.6 is 11.3 Å². The minimum absolute atomic E-state index is 0.133. The summed E-state index contributed by atoms with van der Waals surface area (Å²) in [6.45, 7) is 2.17. The number of aromatic nitrogens is 2. The lowest BCUT2D eigenvalue weighted by Gasteiger charge is -2.03. The topological polar surface area (TPSA) is 76.0 Å². The Labute approximate surface area is 147 Å². The molecular weight excluding hydrogens is 343 g/mol. The third-order valence-corrected chi connectivity index (χ3v) is 4.84. The van der Waals surface area contributed by atoms with Crippen molar-refractivity contribution < 1.29 is 14.0 Å². The highest BCUT2D eigenvalue weighted by Crippen LogP contribution is 2.33. The summed E-state index contributed by atoms with van der Waals surface area (Å²) in [4.78, 5) is 24.5. The Kier molecular flexibility index (Phi) is 4.80. The summed E-state index contributed by atoms with van der Waals surface area (Å²) in [7, 11) is 1.81. The largest absolute Gasteiger partial charge is 0.355 e. The van der Waals surface area contributed by atoms with Gasteiger partial charge in [0.2, 0.25) is 5.91 Å². The lowest BCUT2D eigenvalue weighted by atomic mass is 10.1. The van der Waals surface area contributed by atoms with Crippen molar-refractivity contribution in [3.63, 3.8) is 0 Å². The number of aryl methyl sites for hydroxylation is 1. The van der Waals surface area contributed by atoms with Gasteiger partial charge >= 0.3 is 0 Å². The third-order valence-electron chi connectivity index (χ3n) is 3.64. The second-order valence-corrected chi connectivity index (χ2v) is 6.58. The first-order chi connectivity index (χ1) is 12.0. The van der Waals surface area contributed by atoms with Crippen molar-refractivity contribution in [3.8, 4) is 11.3 Å². The van der Waals surface area contributed by atoms with Crippen LogP contribution in [0.1, 0.15) is 16.6 Å². The number of nitrogens with zero attached hydrogens (tertiary/aromatic N) is 2. The fourth-order valence-electron chi connectivity index (χ4n) is 2.48. The minimum Gasteiger partial charge on any atom is -0.355 e. The average molecular weight is 360 g/mol. The van der Waals surface area contributed by atoms with E-state index in [1.165, 1.54) is 30.4 Å². The molecule has 0 unspecified atom stereocenters. The quantitative estimate of drug-likeness (QED) is 0.686. The average Bonchev–Trinajstić information content (AvgIpc) is 3.13. The summed E-state index contributed by atoms with van der Waals surface area (Å²) in [6, 6.07) is 7.90. The highest BCUT2D eigenvalue weighted by atomic mass is 32.1. The number of amides is 2. The van der Waals surface area contributed by atoms with E-state index in [4.69, 9.17) is 0 Å². The molecule has 2 amide bonds. The molecule has 2 heterocycles. The molecule has 1 aromatic carbocycles. The van der Waals surface area contributed by atoms with E-state index in [9.17, 15) is 14.0 Å². The molecule has 6 nitrogen and oxygen atoms in total. The molecule has 0 spiro atoms. The van der Waals surface area contributed by atoms with Gasteiger partial charge in [0, 0.05) is 38.0 Å². The first-order valence-electron chi connectivity index (χ1n) is 7.71. The van der Waals surface area contributed by atoms with E-state index in [-0.39, 0.29) is 17.6 Å². The van der Waals surface area contributed by atoms with Gasteiger partial charge in [0.05, 0.1) is 4.88 Å². The molecule has 0 aliphatic carbocycles. The standard InChI is InChI=1S/C17H17FN4O2S/c1-10(23)19-7-8-20-16(24)14-9-13-15(21-22(2)17(13)25-14)11-3-5-12(18)6-4-11/h3-6,9H,7-8H2,1-2H3,(H,19,23)(H,20,24). The van der Waals surface area contributed by atoms with Crippen LogP contribution in [0.15, 0.2) is 30.3 Å². The van der Waals surface area contributed by atoms with E-state index in [0.29, 0.717) is 23.7 Å². The van der Waals surface area contributed by atoms with E-state index in [1.807, 2.05) is 7.05 Å². The van der Waals surface area contributed by atoms with E-state index in [1.54, 1.807) is 22.9 Å². The smallest absolute Gasteiger partial charge is 0.261 e. The van der Waals surface area contributed by atoms with Crippen LogP contribution in [0, 0.1) is 5.82 Å². The molecule has 0 saturated heterocycles. The first kappa shape index (κ1) is 17.1. The van der Waals surface area contributed by atoms with Crippen LogP contribution in [-0.4, -0.2) is 34.7 Å². The van der Waals surface area contributed by atoms with Gasteiger partial charge in [-0.3, -0.25) is 14.3 Å². The highest BCUT2D eigenvalue weighted by molar-refractivity contribution is 7.20. The van der Waals surface area contributed by atoms with Crippen molar-refractivity contribution in [1.29, 1.82) is 0 Å². The van der Waals surface area contributed by atoms with Crippen molar-refractivity contribution in [3.05, 3.63) is 41.0 Å². The predicted octanol–water partition coefficient (Wildman–Crippen LogP) is 2.31. The van der Waals surface area contributed by atoms with Gasteiger partial charge in [-0.1, -0.05) is 0 Å². The molecule has 0 atom stereocenters. The van der Waals surface area contributed by atoms with Gasteiger partial charge in [-0.15, -0.1) is 11.3 Å². The van der Waals surface area contributed by atoms with Crippen molar-refractivity contribution in [1.82, 2.24) is 20.4 Å². The van der Waals surface area contributed by atoms with Gasteiger partial charge in [-0.2, -0.15) is 5.10 Å². The maximum absolute atomic E-state index is 13.1. The Balaban J connectivity index is 1.82. The van der Waals surface area contributed by atoms with Gasteiger partial charge in [-0.25, -0.2) is 4.39 Å². The predicted molar refractivity (Wildman–Crippen MR) is 95.0 cm³/mol. The van der Waals surface area contributed by atoms with Gasteiger partial charge in [-0.05, 0) is 30.3 Å². The van der Waals surface area contributed by atoms with Crippen molar-refractivity contribution in [2.24, 2.45) is 7.05 Å². The Hall–Kier alpha value is -2.74. The molecule has 2 N–H and O–H groups in total. The van der Waals surface area contributed by atoms with Crippen LogP contribution in [0.5, 0.6) is 0 Å². The van der Waals surface area contributed by atoms with Crippen LogP contribution < -0.4 is 10.6 Å². The van der Waals surface area contributed by atoms with Gasteiger partial charge in [0.25, 0.3) is 5.91 Å². The zero-order valence-corrected chi connectivity index (χ0v) is 14.6. The first-order valence-corrected chi connectivity index (χ1v) is 8.52. The number of rotatable bonds is 5. The Bertz CT molecular complexity index is 930. The van der Waals surface area contributed by atoms with Crippen LogP contribution in [0.25, 0.3) is 21.5 Å². The zero-order chi connectivity index (χ0) is 18.0.